The van der Waals surface area contributed by atoms with Crippen molar-refractivity contribution in [1.82, 2.24) is 15.1 Å². The fraction of sp³-hybridized carbons (Fsp3) is 0.423. The standard InChI is InChI=1S/C26H31N3O5/c1-28-12-6-11-23(27-24(31)13-18-7-3-2-4-8-18)26(33)29-16-21(30)15-20(29)17-34-22-10-5-9-19(14-22)25(28)32/h2-5,7-10,14,20-21,23,30H,6,11-13,15-17H2,1H3,(H,27,31)/t20-,21-,23-/m0/s1. The van der Waals surface area contributed by atoms with Crippen molar-refractivity contribution in [3.8, 4) is 5.75 Å². The van der Waals surface area contributed by atoms with Crippen LogP contribution < -0.4 is 10.1 Å². The Balaban J connectivity index is 1.54. The van der Waals surface area contributed by atoms with Gasteiger partial charge in [0.1, 0.15) is 18.4 Å². The molecule has 2 bridgehead atoms. The second-order valence-electron chi connectivity index (χ2n) is 9.02. The van der Waals surface area contributed by atoms with Crippen molar-refractivity contribution in [2.24, 2.45) is 0 Å². The van der Waals surface area contributed by atoms with E-state index in [4.69, 9.17) is 4.74 Å². The van der Waals surface area contributed by atoms with Gasteiger partial charge in [0.25, 0.3) is 5.91 Å². The molecule has 34 heavy (non-hydrogen) atoms. The predicted molar refractivity (Wildman–Crippen MR) is 126 cm³/mol. The number of carbonyl (C=O) groups excluding carboxylic acids is 3. The van der Waals surface area contributed by atoms with Gasteiger partial charge in [0.2, 0.25) is 11.8 Å². The van der Waals surface area contributed by atoms with Crippen molar-refractivity contribution >= 4 is 17.7 Å². The van der Waals surface area contributed by atoms with Crippen molar-refractivity contribution in [2.45, 2.75) is 43.9 Å². The normalized spacial score (nSPS) is 23.6. The van der Waals surface area contributed by atoms with E-state index in [1.165, 1.54) is 0 Å². The molecule has 2 aromatic rings. The number of hydrogen-bond donors (Lipinski definition) is 2. The minimum Gasteiger partial charge on any atom is -0.491 e. The zero-order valence-electron chi connectivity index (χ0n) is 19.4. The third kappa shape index (κ3) is 5.75. The molecule has 0 radical (unpaired) electrons. The van der Waals surface area contributed by atoms with Gasteiger partial charge in [-0.05, 0) is 43.0 Å². The van der Waals surface area contributed by atoms with Crippen LogP contribution >= 0.6 is 0 Å². The highest BCUT2D eigenvalue weighted by atomic mass is 16.5. The molecule has 2 aliphatic heterocycles. The zero-order chi connectivity index (χ0) is 24.1. The first kappa shape index (κ1) is 23.8. The number of nitrogens with one attached hydrogen (secondary N) is 1. The number of benzene rings is 2. The SMILES string of the molecule is CN1CCC[C@H](NC(=O)Cc2ccccc2)C(=O)N2C[C@@H](O)C[C@H]2COc2cccc(c2)C1=O. The Morgan fingerprint density at radius 2 is 1.94 bits per heavy atom. The van der Waals surface area contributed by atoms with E-state index in [-0.39, 0.29) is 43.3 Å². The summed E-state index contributed by atoms with van der Waals surface area (Å²) >= 11 is 0. The number of rotatable bonds is 3. The maximum Gasteiger partial charge on any atom is 0.253 e. The summed E-state index contributed by atoms with van der Waals surface area (Å²) in [7, 11) is 1.72. The molecule has 3 atom stereocenters. The molecule has 0 unspecified atom stereocenters. The Morgan fingerprint density at radius 1 is 1.15 bits per heavy atom. The fourth-order valence-electron chi connectivity index (χ4n) is 4.57. The summed E-state index contributed by atoms with van der Waals surface area (Å²) in [6.45, 7) is 0.839. The minimum atomic E-state index is -0.742. The molecule has 0 saturated carbocycles. The van der Waals surface area contributed by atoms with Gasteiger partial charge in [0, 0.05) is 25.7 Å². The van der Waals surface area contributed by atoms with Gasteiger partial charge in [-0.1, -0.05) is 36.4 Å². The van der Waals surface area contributed by atoms with Gasteiger partial charge in [0.15, 0.2) is 0 Å². The van der Waals surface area contributed by atoms with E-state index in [9.17, 15) is 19.5 Å². The quantitative estimate of drug-likeness (QED) is 0.718. The Labute approximate surface area is 199 Å². The van der Waals surface area contributed by atoms with Gasteiger partial charge >= 0.3 is 0 Å². The maximum atomic E-state index is 13.5. The van der Waals surface area contributed by atoms with Gasteiger partial charge in [-0.3, -0.25) is 14.4 Å². The average molecular weight is 466 g/mol. The largest absolute Gasteiger partial charge is 0.491 e. The monoisotopic (exact) mass is 465 g/mol. The molecule has 8 nitrogen and oxygen atoms in total. The van der Waals surface area contributed by atoms with E-state index in [1.807, 2.05) is 30.3 Å². The number of amides is 3. The molecule has 0 spiro atoms. The number of nitrogens with zero attached hydrogens (tertiary/aromatic N) is 2. The fourth-order valence-corrected chi connectivity index (χ4v) is 4.57. The number of carbonyl (C=O) groups is 3. The predicted octanol–water partition coefficient (Wildman–Crippen LogP) is 1.62. The summed E-state index contributed by atoms with van der Waals surface area (Å²) in [5.74, 6) is -0.0572. The maximum absolute atomic E-state index is 13.5. The van der Waals surface area contributed by atoms with Crippen LogP contribution in [0.2, 0.25) is 0 Å². The molecule has 8 heteroatoms. The topological polar surface area (TPSA) is 99.2 Å². The highest BCUT2D eigenvalue weighted by Crippen LogP contribution is 2.23. The van der Waals surface area contributed by atoms with Crippen molar-refractivity contribution in [2.75, 3.05) is 26.7 Å². The van der Waals surface area contributed by atoms with E-state index in [1.54, 1.807) is 41.1 Å². The van der Waals surface area contributed by atoms with Gasteiger partial charge in [-0.2, -0.15) is 0 Å². The molecule has 2 aliphatic rings. The van der Waals surface area contributed by atoms with Gasteiger partial charge < -0.3 is 25.0 Å². The second kappa shape index (κ2) is 10.7. The van der Waals surface area contributed by atoms with Crippen LogP contribution in [0.5, 0.6) is 5.75 Å². The highest BCUT2D eigenvalue weighted by Gasteiger charge is 2.38. The first-order chi connectivity index (χ1) is 16.4. The van der Waals surface area contributed by atoms with Crippen LogP contribution in [-0.4, -0.2) is 77.6 Å². The number of aliphatic hydroxyl groups is 1. The smallest absolute Gasteiger partial charge is 0.253 e. The molecule has 1 saturated heterocycles. The number of hydrogen-bond acceptors (Lipinski definition) is 5. The third-order valence-electron chi connectivity index (χ3n) is 6.37. The van der Waals surface area contributed by atoms with Crippen molar-refractivity contribution in [1.29, 1.82) is 0 Å². The molecule has 180 valence electrons. The molecule has 4 rings (SSSR count). The van der Waals surface area contributed by atoms with E-state index >= 15 is 0 Å². The molecule has 3 amide bonds. The van der Waals surface area contributed by atoms with E-state index < -0.39 is 12.1 Å². The Hall–Kier alpha value is -3.39. The van der Waals surface area contributed by atoms with Crippen LogP contribution in [0.25, 0.3) is 0 Å². The minimum absolute atomic E-state index is 0.128. The van der Waals surface area contributed by atoms with Gasteiger partial charge in [-0.15, -0.1) is 0 Å². The molecule has 1 fully saturated rings. The Bertz CT molecular complexity index is 1030. The Morgan fingerprint density at radius 3 is 2.74 bits per heavy atom. The molecule has 2 N–H and O–H groups in total. The summed E-state index contributed by atoms with van der Waals surface area (Å²) in [5, 5.41) is 13.2. The number of ether oxygens (including phenoxy) is 1. The van der Waals surface area contributed by atoms with Crippen molar-refractivity contribution < 1.29 is 24.2 Å². The average Bonchev–Trinajstić information content (AvgIpc) is 3.21. The lowest BCUT2D eigenvalue weighted by Gasteiger charge is -2.30. The van der Waals surface area contributed by atoms with Gasteiger partial charge in [0.05, 0.1) is 18.6 Å². The first-order valence-corrected chi connectivity index (χ1v) is 11.7. The molecule has 2 aromatic carbocycles. The zero-order valence-corrected chi connectivity index (χ0v) is 19.4. The van der Waals surface area contributed by atoms with Crippen LogP contribution in [0.1, 0.15) is 35.2 Å². The molecule has 0 aromatic heterocycles. The summed E-state index contributed by atoms with van der Waals surface area (Å²) in [4.78, 5) is 42.3. The summed E-state index contributed by atoms with van der Waals surface area (Å²) < 4.78 is 5.92. The van der Waals surface area contributed by atoms with Crippen molar-refractivity contribution in [3.05, 3.63) is 65.7 Å². The van der Waals surface area contributed by atoms with Crippen LogP contribution in [0, 0.1) is 0 Å². The lowest BCUT2D eigenvalue weighted by atomic mass is 10.1. The van der Waals surface area contributed by atoms with Gasteiger partial charge in [-0.25, -0.2) is 0 Å². The van der Waals surface area contributed by atoms with Crippen LogP contribution in [-0.2, 0) is 16.0 Å². The van der Waals surface area contributed by atoms with E-state index in [2.05, 4.69) is 5.32 Å². The lowest BCUT2D eigenvalue weighted by Crippen LogP contribution is -2.51. The second-order valence-corrected chi connectivity index (χ2v) is 9.02. The molecule has 2 heterocycles. The van der Waals surface area contributed by atoms with Crippen molar-refractivity contribution in [3.63, 3.8) is 0 Å². The first-order valence-electron chi connectivity index (χ1n) is 11.7. The molecule has 0 aliphatic carbocycles. The summed E-state index contributed by atoms with van der Waals surface area (Å²) in [5.41, 5.74) is 1.40. The van der Waals surface area contributed by atoms with E-state index in [0.717, 1.165) is 5.56 Å². The number of fused-ring (bicyclic) bond motifs is 3. The van der Waals surface area contributed by atoms with Crippen LogP contribution in [0.4, 0.5) is 0 Å². The summed E-state index contributed by atoms with van der Waals surface area (Å²) in [6.07, 6.45) is 0.858. The third-order valence-corrected chi connectivity index (χ3v) is 6.37. The molecular weight excluding hydrogens is 434 g/mol. The van der Waals surface area contributed by atoms with Crippen LogP contribution in [0.3, 0.4) is 0 Å². The molecular formula is C26H31N3O5. The summed E-state index contributed by atoms with van der Waals surface area (Å²) in [6, 6.07) is 15.3. The lowest BCUT2D eigenvalue weighted by molar-refractivity contribution is -0.138. The van der Waals surface area contributed by atoms with E-state index in [0.29, 0.717) is 37.1 Å². The number of aliphatic hydroxyl groups excluding tert-OH is 1. The highest BCUT2D eigenvalue weighted by molar-refractivity contribution is 5.94. The Kier molecular flexibility index (Phi) is 7.47. The van der Waals surface area contributed by atoms with Crippen LogP contribution in [0.15, 0.2) is 54.6 Å².